The van der Waals surface area contributed by atoms with Crippen molar-refractivity contribution in [3.63, 3.8) is 0 Å². The molecule has 74 valence electrons. The maximum absolute atomic E-state index is 6.06. The highest BCUT2D eigenvalue weighted by atomic mass is 35.5. The van der Waals surface area contributed by atoms with Gasteiger partial charge in [0.15, 0.2) is 5.65 Å². The molecule has 2 aromatic heterocycles. The molecule has 0 aliphatic heterocycles. The van der Waals surface area contributed by atoms with Crippen LogP contribution in [0.4, 0.5) is 0 Å². The summed E-state index contributed by atoms with van der Waals surface area (Å²) in [4.78, 5) is 8.57. The number of halogens is 1. The van der Waals surface area contributed by atoms with Crippen LogP contribution in [0.15, 0.2) is 0 Å². The Balaban J connectivity index is 2.86. The first-order valence-electron chi connectivity index (χ1n) is 4.49. The van der Waals surface area contributed by atoms with Crippen molar-refractivity contribution in [3.05, 3.63) is 16.7 Å². The first-order valence-corrected chi connectivity index (χ1v) is 4.87. The van der Waals surface area contributed by atoms with Gasteiger partial charge in [-0.1, -0.05) is 18.5 Å². The summed E-state index contributed by atoms with van der Waals surface area (Å²) in [5, 5.41) is 5.61. The van der Waals surface area contributed by atoms with Gasteiger partial charge >= 0.3 is 0 Å². The van der Waals surface area contributed by atoms with Gasteiger partial charge in [0.1, 0.15) is 11.0 Å². The highest BCUT2D eigenvalue weighted by molar-refractivity contribution is 6.34. The van der Waals surface area contributed by atoms with Crippen LogP contribution in [-0.2, 0) is 13.5 Å². The highest BCUT2D eigenvalue weighted by Gasteiger charge is 2.12. The maximum atomic E-state index is 6.06. The minimum absolute atomic E-state index is 0.498. The van der Waals surface area contributed by atoms with Crippen molar-refractivity contribution in [3.8, 4) is 0 Å². The maximum Gasteiger partial charge on any atom is 0.163 e. The van der Waals surface area contributed by atoms with Crippen LogP contribution < -0.4 is 0 Å². The van der Waals surface area contributed by atoms with E-state index in [1.807, 2.05) is 20.9 Å². The molecule has 0 spiro atoms. The first-order chi connectivity index (χ1) is 6.63. The van der Waals surface area contributed by atoms with Crippen LogP contribution in [-0.4, -0.2) is 19.7 Å². The van der Waals surface area contributed by atoms with Gasteiger partial charge < -0.3 is 0 Å². The van der Waals surface area contributed by atoms with Crippen LogP contribution in [0, 0.1) is 6.92 Å². The summed E-state index contributed by atoms with van der Waals surface area (Å²) in [5.41, 5.74) is 1.68. The molecular formula is C9H11ClN4. The SMILES string of the molecule is CCc1nc(Cl)c2c(C)nn(C)c2n1. The number of nitrogens with zero attached hydrogens (tertiary/aromatic N) is 4. The Morgan fingerprint density at radius 3 is 2.71 bits per heavy atom. The normalized spacial score (nSPS) is 11.1. The van der Waals surface area contributed by atoms with Gasteiger partial charge in [0.2, 0.25) is 0 Å². The summed E-state index contributed by atoms with van der Waals surface area (Å²) in [6.07, 6.45) is 0.778. The molecule has 0 bridgehead atoms. The van der Waals surface area contributed by atoms with Gasteiger partial charge in [-0.2, -0.15) is 5.10 Å². The lowest BCUT2D eigenvalue weighted by atomic mass is 10.3. The molecule has 2 aromatic rings. The van der Waals surface area contributed by atoms with Gasteiger partial charge in [0.05, 0.1) is 11.1 Å². The molecule has 0 fully saturated rings. The van der Waals surface area contributed by atoms with Crippen LogP contribution >= 0.6 is 11.6 Å². The number of aromatic nitrogens is 4. The minimum atomic E-state index is 0.498. The zero-order chi connectivity index (χ0) is 10.3. The summed E-state index contributed by atoms with van der Waals surface area (Å²) < 4.78 is 1.73. The van der Waals surface area contributed by atoms with Gasteiger partial charge in [-0.3, -0.25) is 4.68 Å². The largest absolute Gasteiger partial charge is 0.250 e. The Hall–Kier alpha value is -1.16. The summed E-state index contributed by atoms with van der Waals surface area (Å²) in [7, 11) is 1.86. The molecule has 0 amide bonds. The fourth-order valence-corrected chi connectivity index (χ4v) is 1.81. The fourth-order valence-electron chi connectivity index (χ4n) is 1.49. The molecule has 5 heteroatoms. The summed E-state index contributed by atoms with van der Waals surface area (Å²) in [6.45, 7) is 3.91. The molecule has 0 unspecified atom stereocenters. The molecule has 0 N–H and O–H groups in total. The molecule has 0 aliphatic rings. The zero-order valence-electron chi connectivity index (χ0n) is 8.37. The second-order valence-electron chi connectivity index (χ2n) is 3.19. The van der Waals surface area contributed by atoms with Crippen LogP contribution in [0.5, 0.6) is 0 Å². The van der Waals surface area contributed by atoms with Crippen LogP contribution in [0.1, 0.15) is 18.4 Å². The smallest absolute Gasteiger partial charge is 0.163 e. The summed E-state index contributed by atoms with van der Waals surface area (Å²) in [5.74, 6) is 0.755. The third-order valence-electron chi connectivity index (χ3n) is 2.18. The molecule has 2 rings (SSSR count). The van der Waals surface area contributed by atoms with Crippen LogP contribution in [0.2, 0.25) is 5.15 Å². The predicted octanol–water partition coefficient (Wildman–Crippen LogP) is 1.89. The molecule has 0 atom stereocenters. The van der Waals surface area contributed by atoms with Crippen molar-refractivity contribution in [2.24, 2.45) is 7.05 Å². The summed E-state index contributed by atoms with van der Waals surface area (Å²) >= 11 is 6.06. The van der Waals surface area contributed by atoms with Crippen molar-refractivity contribution >= 4 is 22.6 Å². The third kappa shape index (κ3) is 1.26. The van der Waals surface area contributed by atoms with E-state index >= 15 is 0 Å². The molecule has 0 aromatic carbocycles. The third-order valence-corrected chi connectivity index (χ3v) is 2.45. The quantitative estimate of drug-likeness (QED) is 0.676. The van der Waals surface area contributed by atoms with E-state index in [-0.39, 0.29) is 0 Å². The van der Waals surface area contributed by atoms with Gasteiger partial charge in [0, 0.05) is 13.5 Å². The van der Waals surface area contributed by atoms with Crippen molar-refractivity contribution in [1.82, 2.24) is 19.7 Å². The topological polar surface area (TPSA) is 43.6 Å². The lowest BCUT2D eigenvalue weighted by Gasteiger charge is -1.99. The van der Waals surface area contributed by atoms with Crippen molar-refractivity contribution in [2.75, 3.05) is 0 Å². The number of hydrogen-bond acceptors (Lipinski definition) is 3. The molecule has 14 heavy (non-hydrogen) atoms. The second-order valence-corrected chi connectivity index (χ2v) is 3.55. The van der Waals surface area contributed by atoms with Crippen molar-refractivity contribution < 1.29 is 0 Å². The zero-order valence-corrected chi connectivity index (χ0v) is 9.13. The average molecular weight is 211 g/mol. The Kier molecular flexibility index (Phi) is 2.15. The van der Waals surface area contributed by atoms with E-state index in [1.54, 1.807) is 4.68 Å². The molecule has 0 saturated carbocycles. The lowest BCUT2D eigenvalue weighted by Crippen LogP contribution is -1.97. The number of rotatable bonds is 1. The second kappa shape index (κ2) is 3.20. The molecular weight excluding hydrogens is 200 g/mol. The van der Waals surface area contributed by atoms with Gasteiger partial charge in [-0.15, -0.1) is 0 Å². The van der Waals surface area contributed by atoms with E-state index in [4.69, 9.17) is 11.6 Å². The number of aryl methyl sites for hydroxylation is 3. The van der Waals surface area contributed by atoms with Crippen molar-refractivity contribution in [2.45, 2.75) is 20.3 Å². The Bertz CT molecular complexity index is 489. The number of fused-ring (bicyclic) bond motifs is 1. The van der Waals surface area contributed by atoms with Gasteiger partial charge in [-0.05, 0) is 6.92 Å². The highest BCUT2D eigenvalue weighted by Crippen LogP contribution is 2.22. The van der Waals surface area contributed by atoms with E-state index in [0.717, 1.165) is 29.0 Å². The monoisotopic (exact) mass is 210 g/mol. The molecule has 2 heterocycles. The van der Waals surface area contributed by atoms with Crippen LogP contribution in [0.3, 0.4) is 0 Å². The van der Waals surface area contributed by atoms with E-state index in [2.05, 4.69) is 15.1 Å². The Labute approximate surface area is 86.9 Å². The molecule has 0 radical (unpaired) electrons. The lowest BCUT2D eigenvalue weighted by molar-refractivity contribution is 0.768. The average Bonchev–Trinajstić information content (AvgIpc) is 2.42. The fraction of sp³-hybridized carbons (Fsp3) is 0.444. The standard InChI is InChI=1S/C9H11ClN4/c1-4-6-11-8(10)7-5(2)13-14(3)9(7)12-6/h4H2,1-3H3. The summed E-state index contributed by atoms with van der Waals surface area (Å²) in [6, 6.07) is 0. The van der Waals surface area contributed by atoms with E-state index < -0.39 is 0 Å². The van der Waals surface area contributed by atoms with Gasteiger partial charge in [0.25, 0.3) is 0 Å². The minimum Gasteiger partial charge on any atom is -0.250 e. The molecule has 4 nitrogen and oxygen atoms in total. The Morgan fingerprint density at radius 1 is 1.36 bits per heavy atom. The van der Waals surface area contributed by atoms with E-state index in [1.165, 1.54) is 0 Å². The van der Waals surface area contributed by atoms with Crippen LogP contribution in [0.25, 0.3) is 11.0 Å². The first kappa shape index (κ1) is 9.40. The van der Waals surface area contributed by atoms with Gasteiger partial charge in [-0.25, -0.2) is 9.97 Å². The number of hydrogen-bond donors (Lipinski definition) is 0. The molecule has 0 saturated heterocycles. The Morgan fingerprint density at radius 2 is 2.07 bits per heavy atom. The molecule has 0 aliphatic carbocycles. The predicted molar refractivity (Wildman–Crippen MR) is 55.4 cm³/mol. The van der Waals surface area contributed by atoms with E-state index in [0.29, 0.717) is 5.15 Å². The van der Waals surface area contributed by atoms with Crippen molar-refractivity contribution in [1.29, 1.82) is 0 Å². The van der Waals surface area contributed by atoms with E-state index in [9.17, 15) is 0 Å².